The highest BCUT2D eigenvalue weighted by atomic mass is 14.2. The van der Waals surface area contributed by atoms with E-state index in [4.69, 9.17) is 0 Å². The fraction of sp³-hybridized carbons (Fsp3) is 0.636. The molecule has 0 spiro atoms. The zero-order valence-corrected chi connectivity index (χ0v) is 7.64. The lowest BCUT2D eigenvalue weighted by Gasteiger charge is -2.08. The summed E-state index contributed by atoms with van der Waals surface area (Å²) in [5.74, 6) is 0.871. The topological polar surface area (TPSA) is 0 Å². The number of allylic oxidation sites excluding steroid dienone is 4. The van der Waals surface area contributed by atoms with Gasteiger partial charge in [-0.25, -0.2) is 0 Å². The second kappa shape index (κ2) is 4.38. The zero-order chi connectivity index (χ0) is 8.10. The molecular weight excluding hydrogens is 132 g/mol. The molecule has 1 aliphatic carbocycles. The average molecular weight is 150 g/mol. The molecule has 0 heteroatoms. The molecule has 0 bridgehead atoms. The van der Waals surface area contributed by atoms with Crippen molar-refractivity contribution in [3.05, 3.63) is 23.8 Å². The molecule has 0 heterocycles. The quantitative estimate of drug-likeness (QED) is 0.526. The SMILES string of the molecule is C/C=C\C(=C/C)C1CCCC1. The van der Waals surface area contributed by atoms with Gasteiger partial charge in [-0.3, -0.25) is 0 Å². The highest BCUT2D eigenvalue weighted by molar-refractivity contribution is 5.21. The van der Waals surface area contributed by atoms with Crippen LogP contribution in [0.25, 0.3) is 0 Å². The predicted octanol–water partition coefficient (Wildman–Crippen LogP) is 3.70. The van der Waals surface area contributed by atoms with Gasteiger partial charge in [0.1, 0.15) is 0 Å². The Kier molecular flexibility index (Phi) is 3.41. The van der Waals surface area contributed by atoms with Crippen molar-refractivity contribution in [2.45, 2.75) is 39.5 Å². The van der Waals surface area contributed by atoms with Crippen LogP contribution in [0.5, 0.6) is 0 Å². The van der Waals surface area contributed by atoms with Gasteiger partial charge in [-0.2, -0.15) is 0 Å². The van der Waals surface area contributed by atoms with Crippen molar-refractivity contribution in [1.82, 2.24) is 0 Å². The van der Waals surface area contributed by atoms with Crippen LogP contribution in [0, 0.1) is 5.92 Å². The lowest BCUT2D eigenvalue weighted by Crippen LogP contribution is -1.94. The van der Waals surface area contributed by atoms with Crippen molar-refractivity contribution < 1.29 is 0 Å². The molecule has 0 aromatic rings. The van der Waals surface area contributed by atoms with Crippen molar-refractivity contribution in [3.8, 4) is 0 Å². The Balaban J connectivity index is 2.54. The van der Waals surface area contributed by atoms with E-state index in [1.807, 2.05) is 0 Å². The molecule has 1 rings (SSSR count). The molecule has 0 aromatic heterocycles. The van der Waals surface area contributed by atoms with Gasteiger partial charge in [-0.15, -0.1) is 0 Å². The lowest BCUT2D eigenvalue weighted by molar-refractivity contribution is 0.656. The van der Waals surface area contributed by atoms with Crippen molar-refractivity contribution >= 4 is 0 Å². The molecule has 1 aliphatic rings. The van der Waals surface area contributed by atoms with Crippen molar-refractivity contribution in [1.29, 1.82) is 0 Å². The van der Waals surface area contributed by atoms with Gasteiger partial charge < -0.3 is 0 Å². The third-order valence-electron chi connectivity index (χ3n) is 2.52. The molecular formula is C11H18. The van der Waals surface area contributed by atoms with Gasteiger partial charge >= 0.3 is 0 Å². The van der Waals surface area contributed by atoms with Gasteiger partial charge in [0.2, 0.25) is 0 Å². The van der Waals surface area contributed by atoms with Crippen LogP contribution in [0.3, 0.4) is 0 Å². The summed E-state index contributed by atoms with van der Waals surface area (Å²) in [5.41, 5.74) is 1.55. The van der Waals surface area contributed by atoms with Crippen molar-refractivity contribution in [2.24, 2.45) is 5.92 Å². The van der Waals surface area contributed by atoms with Crippen LogP contribution >= 0.6 is 0 Å². The molecule has 11 heavy (non-hydrogen) atoms. The van der Waals surface area contributed by atoms with E-state index in [1.165, 1.54) is 25.7 Å². The maximum Gasteiger partial charge on any atom is -0.0165 e. The van der Waals surface area contributed by atoms with Crippen LogP contribution in [0.4, 0.5) is 0 Å². The Bertz CT molecular complexity index is 157. The normalized spacial score (nSPS) is 21.8. The van der Waals surface area contributed by atoms with Crippen LogP contribution in [-0.2, 0) is 0 Å². The van der Waals surface area contributed by atoms with Crippen molar-refractivity contribution in [2.75, 3.05) is 0 Å². The maximum absolute atomic E-state index is 2.26. The van der Waals surface area contributed by atoms with E-state index >= 15 is 0 Å². The van der Waals surface area contributed by atoms with E-state index in [9.17, 15) is 0 Å². The Morgan fingerprint density at radius 2 is 1.82 bits per heavy atom. The van der Waals surface area contributed by atoms with Crippen molar-refractivity contribution in [3.63, 3.8) is 0 Å². The molecule has 0 aromatic carbocycles. The third-order valence-corrected chi connectivity index (χ3v) is 2.52. The summed E-state index contributed by atoms with van der Waals surface area (Å²) in [6.45, 7) is 4.24. The standard InChI is InChI=1S/C11H18/c1-3-7-10(4-2)11-8-5-6-9-11/h3-4,7,11H,5-6,8-9H2,1-2H3/b7-3-,10-4+. The van der Waals surface area contributed by atoms with Gasteiger partial charge in [0.05, 0.1) is 0 Å². The molecule has 0 unspecified atom stereocenters. The first-order valence-electron chi connectivity index (χ1n) is 4.67. The third kappa shape index (κ3) is 2.21. The number of hydrogen-bond donors (Lipinski definition) is 0. The van der Waals surface area contributed by atoms with Crippen LogP contribution < -0.4 is 0 Å². The van der Waals surface area contributed by atoms with Gasteiger partial charge in [0, 0.05) is 0 Å². The maximum atomic E-state index is 2.26. The van der Waals surface area contributed by atoms with Gasteiger partial charge in [-0.05, 0) is 38.2 Å². The summed E-state index contributed by atoms with van der Waals surface area (Å²) in [7, 11) is 0. The zero-order valence-electron chi connectivity index (χ0n) is 7.64. The van der Waals surface area contributed by atoms with E-state index < -0.39 is 0 Å². The van der Waals surface area contributed by atoms with Crippen LogP contribution in [0.2, 0.25) is 0 Å². The first kappa shape index (κ1) is 8.58. The van der Waals surface area contributed by atoms with Gasteiger partial charge in [-0.1, -0.05) is 31.1 Å². The molecule has 62 valence electrons. The fourth-order valence-corrected chi connectivity index (χ4v) is 1.92. The molecule has 1 fully saturated rings. The first-order chi connectivity index (χ1) is 5.38. The molecule has 0 amide bonds. The Hall–Kier alpha value is -0.520. The minimum atomic E-state index is 0.871. The molecule has 0 N–H and O–H groups in total. The second-order valence-corrected chi connectivity index (χ2v) is 3.27. The molecule has 0 atom stereocenters. The molecule has 1 saturated carbocycles. The summed E-state index contributed by atoms with van der Waals surface area (Å²) < 4.78 is 0. The Labute approximate surface area is 70.0 Å². The summed E-state index contributed by atoms with van der Waals surface area (Å²) in [4.78, 5) is 0. The summed E-state index contributed by atoms with van der Waals surface area (Å²) in [5, 5.41) is 0. The highest BCUT2D eigenvalue weighted by Gasteiger charge is 2.16. The fourth-order valence-electron chi connectivity index (χ4n) is 1.92. The highest BCUT2D eigenvalue weighted by Crippen LogP contribution is 2.31. The largest absolute Gasteiger partial charge is 0.0874 e. The van der Waals surface area contributed by atoms with Crippen LogP contribution in [0.1, 0.15) is 39.5 Å². The second-order valence-electron chi connectivity index (χ2n) is 3.27. The Morgan fingerprint density at radius 1 is 1.18 bits per heavy atom. The molecule has 0 radical (unpaired) electrons. The van der Waals surface area contributed by atoms with E-state index in [0.29, 0.717) is 0 Å². The monoisotopic (exact) mass is 150 g/mol. The van der Waals surface area contributed by atoms with E-state index in [2.05, 4.69) is 32.1 Å². The first-order valence-corrected chi connectivity index (χ1v) is 4.67. The average Bonchev–Trinajstić information content (AvgIpc) is 2.52. The molecule has 0 aliphatic heterocycles. The molecule has 0 saturated heterocycles. The molecule has 0 nitrogen and oxygen atoms in total. The van der Waals surface area contributed by atoms with E-state index in [0.717, 1.165) is 5.92 Å². The predicted molar refractivity (Wildman–Crippen MR) is 50.5 cm³/mol. The lowest BCUT2D eigenvalue weighted by atomic mass is 9.97. The van der Waals surface area contributed by atoms with Crippen LogP contribution in [0.15, 0.2) is 23.8 Å². The summed E-state index contributed by atoms with van der Waals surface area (Å²) in [6, 6.07) is 0. The minimum Gasteiger partial charge on any atom is -0.0874 e. The van der Waals surface area contributed by atoms with E-state index in [1.54, 1.807) is 5.57 Å². The Morgan fingerprint density at radius 3 is 2.27 bits per heavy atom. The van der Waals surface area contributed by atoms with E-state index in [-0.39, 0.29) is 0 Å². The number of hydrogen-bond acceptors (Lipinski definition) is 0. The number of rotatable bonds is 2. The summed E-state index contributed by atoms with van der Waals surface area (Å²) in [6.07, 6.45) is 12.3. The smallest absolute Gasteiger partial charge is 0.0165 e. The minimum absolute atomic E-state index is 0.871. The van der Waals surface area contributed by atoms with Crippen LogP contribution in [-0.4, -0.2) is 0 Å². The van der Waals surface area contributed by atoms with Gasteiger partial charge in [0.15, 0.2) is 0 Å². The van der Waals surface area contributed by atoms with Gasteiger partial charge in [0.25, 0.3) is 0 Å². The summed E-state index contributed by atoms with van der Waals surface area (Å²) >= 11 is 0.